The molecule has 2 N–H and O–H groups in total. The molecular weight excluding hydrogens is 256 g/mol. The molecule has 0 spiro atoms. The van der Waals surface area contributed by atoms with Crippen LogP contribution in [0, 0.1) is 0 Å². The number of benzene rings is 1. The minimum absolute atomic E-state index is 0.387. The molecule has 0 bridgehead atoms. The van der Waals surface area contributed by atoms with Gasteiger partial charge in [0.25, 0.3) is 0 Å². The van der Waals surface area contributed by atoms with Gasteiger partial charge >= 0.3 is 6.01 Å². The van der Waals surface area contributed by atoms with Crippen LogP contribution in [0.3, 0.4) is 0 Å². The lowest BCUT2D eigenvalue weighted by Gasteiger charge is -2.04. The fraction of sp³-hybridized carbons (Fsp3) is 0.429. The highest BCUT2D eigenvalue weighted by Crippen LogP contribution is 2.13. The number of nitrogens with zero attached hydrogens (tertiary/aromatic N) is 2. The third-order valence-electron chi connectivity index (χ3n) is 2.73. The van der Waals surface area contributed by atoms with Crippen molar-refractivity contribution in [2.24, 2.45) is 0 Å². The van der Waals surface area contributed by atoms with Gasteiger partial charge < -0.3 is 19.8 Å². The predicted octanol–water partition coefficient (Wildman–Crippen LogP) is 2.19. The van der Waals surface area contributed by atoms with Crippen LogP contribution in [0.5, 0.6) is 5.75 Å². The number of hydrogen-bond donors (Lipinski definition) is 2. The van der Waals surface area contributed by atoms with Crippen LogP contribution in [-0.2, 0) is 13.1 Å². The summed E-state index contributed by atoms with van der Waals surface area (Å²) in [5.74, 6) is 1.42. The number of anilines is 1. The van der Waals surface area contributed by atoms with Gasteiger partial charge in [0.15, 0.2) is 0 Å². The van der Waals surface area contributed by atoms with Crippen LogP contribution in [0.2, 0.25) is 0 Å². The van der Waals surface area contributed by atoms with E-state index in [1.165, 1.54) is 0 Å². The van der Waals surface area contributed by atoms with Crippen molar-refractivity contribution in [3.8, 4) is 5.75 Å². The first-order chi connectivity index (χ1) is 9.67. The number of nitrogens with one attached hydrogen (secondary N) is 2. The van der Waals surface area contributed by atoms with E-state index in [4.69, 9.17) is 9.15 Å². The van der Waals surface area contributed by atoms with Gasteiger partial charge in [-0.2, -0.15) is 0 Å². The largest absolute Gasteiger partial charge is 0.497 e. The van der Waals surface area contributed by atoms with Gasteiger partial charge in [0.1, 0.15) is 5.75 Å². The Morgan fingerprint density at radius 2 is 1.90 bits per heavy atom. The highest BCUT2D eigenvalue weighted by Gasteiger charge is 2.06. The second-order valence-electron chi connectivity index (χ2n) is 4.74. The van der Waals surface area contributed by atoms with Crippen LogP contribution in [0.15, 0.2) is 28.7 Å². The van der Waals surface area contributed by atoms with E-state index in [1.807, 2.05) is 24.3 Å². The topological polar surface area (TPSA) is 72.2 Å². The molecular formula is C14H20N4O2. The molecule has 6 nitrogen and oxygen atoms in total. The first-order valence-electron chi connectivity index (χ1n) is 6.60. The number of methoxy groups -OCH3 is 1. The first-order valence-corrected chi connectivity index (χ1v) is 6.60. The van der Waals surface area contributed by atoms with Crippen molar-refractivity contribution in [1.29, 1.82) is 0 Å². The van der Waals surface area contributed by atoms with Gasteiger partial charge in [-0.1, -0.05) is 31.1 Å². The Morgan fingerprint density at radius 1 is 1.15 bits per heavy atom. The molecule has 1 aromatic carbocycles. The van der Waals surface area contributed by atoms with Crippen LogP contribution >= 0.6 is 0 Å². The van der Waals surface area contributed by atoms with Crippen LogP contribution < -0.4 is 15.4 Å². The zero-order valence-corrected chi connectivity index (χ0v) is 12.0. The lowest BCUT2D eigenvalue weighted by Crippen LogP contribution is -2.21. The zero-order valence-electron chi connectivity index (χ0n) is 12.0. The van der Waals surface area contributed by atoms with Crippen LogP contribution in [-0.4, -0.2) is 23.3 Å². The molecule has 2 aromatic rings. The third kappa shape index (κ3) is 4.24. The summed E-state index contributed by atoms with van der Waals surface area (Å²) in [6, 6.07) is 8.64. The van der Waals surface area contributed by atoms with Crippen molar-refractivity contribution < 1.29 is 9.15 Å². The monoisotopic (exact) mass is 276 g/mol. The van der Waals surface area contributed by atoms with E-state index >= 15 is 0 Å². The predicted molar refractivity (Wildman–Crippen MR) is 76.6 cm³/mol. The molecule has 0 aliphatic heterocycles. The molecule has 0 saturated heterocycles. The molecule has 0 aliphatic carbocycles. The zero-order chi connectivity index (χ0) is 14.4. The normalized spacial score (nSPS) is 10.8. The Bertz CT molecular complexity index is 522. The standard InChI is InChI=1S/C14H20N4O2/c1-10(2)15-9-13-17-18-14(20-13)16-8-11-4-6-12(19-3)7-5-11/h4-7,10,15H,8-9H2,1-3H3,(H,16,18). The summed E-state index contributed by atoms with van der Waals surface area (Å²) in [6.45, 7) is 5.34. The van der Waals surface area contributed by atoms with E-state index in [9.17, 15) is 0 Å². The first kappa shape index (κ1) is 14.3. The van der Waals surface area contributed by atoms with Crippen molar-refractivity contribution in [2.45, 2.75) is 33.0 Å². The Hall–Kier alpha value is -2.08. The minimum atomic E-state index is 0.387. The highest BCUT2D eigenvalue weighted by atomic mass is 16.5. The molecule has 2 rings (SSSR count). The summed E-state index contributed by atoms with van der Waals surface area (Å²) < 4.78 is 10.6. The molecule has 0 aliphatic rings. The van der Waals surface area contributed by atoms with Crippen LogP contribution in [0.4, 0.5) is 6.01 Å². The Balaban J connectivity index is 1.84. The van der Waals surface area contributed by atoms with Gasteiger partial charge in [0.2, 0.25) is 5.89 Å². The minimum Gasteiger partial charge on any atom is -0.497 e. The van der Waals surface area contributed by atoms with E-state index in [-0.39, 0.29) is 0 Å². The molecule has 1 heterocycles. The van der Waals surface area contributed by atoms with E-state index in [1.54, 1.807) is 7.11 Å². The maximum absolute atomic E-state index is 5.48. The third-order valence-corrected chi connectivity index (χ3v) is 2.73. The summed E-state index contributed by atoms with van der Waals surface area (Å²) in [6.07, 6.45) is 0. The summed E-state index contributed by atoms with van der Waals surface area (Å²) in [4.78, 5) is 0. The fourth-order valence-electron chi connectivity index (χ4n) is 1.61. The van der Waals surface area contributed by atoms with E-state index in [2.05, 4.69) is 34.7 Å². The number of rotatable bonds is 7. The van der Waals surface area contributed by atoms with Gasteiger partial charge in [-0.25, -0.2) is 0 Å². The Morgan fingerprint density at radius 3 is 2.55 bits per heavy atom. The quantitative estimate of drug-likeness (QED) is 0.807. The lowest BCUT2D eigenvalue weighted by atomic mass is 10.2. The van der Waals surface area contributed by atoms with Crippen molar-refractivity contribution in [1.82, 2.24) is 15.5 Å². The SMILES string of the molecule is COc1ccc(CNc2nnc(CNC(C)C)o2)cc1. The molecule has 0 radical (unpaired) electrons. The van der Waals surface area contributed by atoms with Crippen molar-refractivity contribution >= 4 is 6.01 Å². The number of hydrogen-bond acceptors (Lipinski definition) is 6. The average molecular weight is 276 g/mol. The lowest BCUT2D eigenvalue weighted by molar-refractivity contribution is 0.414. The van der Waals surface area contributed by atoms with Crippen LogP contribution in [0.1, 0.15) is 25.3 Å². The number of aromatic nitrogens is 2. The Kier molecular flexibility index (Phi) is 4.95. The maximum atomic E-state index is 5.48. The van der Waals surface area contributed by atoms with Gasteiger partial charge in [0.05, 0.1) is 13.7 Å². The van der Waals surface area contributed by atoms with Gasteiger partial charge in [0, 0.05) is 12.6 Å². The second-order valence-corrected chi connectivity index (χ2v) is 4.74. The maximum Gasteiger partial charge on any atom is 0.315 e. The fourth-order valence-corrected chi connectivity index (χ4v) is 1.61. The molecule has 1 aromatic heterocycles. The van der Waals surface area contributed by atoms with E-state index < -0.39 is 0 Å². The summed E-state index contributed by atoms with van der Waals surface area (Å²) in [7, 11) is 1.65. The molecule has 0 saturated carbocycles. The van der Waals surface area contributed by atoms with E-state index in [0.717, 1.165) is 11.3 Å². The summed E-state index contributed by atoms with van der Waals surface area (Å²) in [5, 5.41) is 14.2. The second kappa shape index (κ2) is 6.91. The van der Waals surface area contributed by atoms with Gasteiger partial charge in [-0.3, -0.25) is 0 Å². The average Bonchev–Trinajstić information content (AvgIpc) is 2.91. The number of ether oxygens (including phenoxy) is 1. The molecule has 0 fully saturated rings. The van der Waals surface area contributed by atoms with Crippen LogP contribution in [0.25, 0.3) is 0 Å². The van der Waals surface area contributed by atoms with Gasteiger partial charge in [-0.15, -0.1) is 5.10 Å². The van der Waals surface area contributed by atoms with Crippen molar-refractivity contribution in [2.75, 3.05) is 12.4 Å². The highest BCUT2D eigenvalue weighted by molar-refractivity contribution is 5.29. The molecule has 0 unspecified atom stereocenters. The molecule has 6 heteroatoms. The molecule has 20 heavy (non-hydrogen) atoms. The molecule has 0 amide bonds. The summed E-state index contributed by atoms with van der Waals surface area (Å²) >= 11 is 0. The molecule has 108 valence electrons. The van der Waals surface area contributed by atoms with Crippen molar-refractivity contribution in [3.05, 3.63) is 35.7 Å². The Labute approximate surface area is 118 Å². The van der Waals surface area contributed by atoms with Gasteiger partial charge in [-0.05, 0) is 17.7 Å². The smallest absolute Gasteiger partial charge is 0.315 e. The van der Waals surface area contributed by atoms with Crippen molar-refractivity contribution in [3.63, 3.8) is 0 Å². The van der Waals surface area contributed by atoms with E-state index in [0.29, 0.717) is 31.0 Å². The molecule has 0 atom stereocenters. The summed E-state index contributed by atoms with van der Waals surface area (Å²) in [5.41, 5.74) is 1.12.